The zero-order chi connectivity index (χ0) is 17.0. The van der Waals surface area contributed by atoms with Crippen molar-refractivity contribution in [2.75, 3.05) is 40.3 Å². The van der Waals surface area contributed by atoms with Crippen LogP contribution < -0.4 is 5.32 Å². The summed E-state index contributed by atoms with van der Waals surface area (Å²) in [7, 11) is 4.20. The van der Waals surface area contributed by atoms with Gasteiger partial charge in [-0.2, -0.15) is 5.10 Å². The lowest BCUT2D eigenvalue weighted by Crippen LogP contribution is -2.51. The van der Waals surface area contributed by atoms with Crippen LogP contribution >= 0.6 is 11.6 Å². The lowest BCUT2D eigenvalue weighted by Gasteiger charge is -2.37. The number of likely N-dealkylation sites (N-methyl/N-ethyl adjacent to an activating group) is 2. The van der Waals surface area contributed by atoms with E-state index >= 15 is 0 Å². The number of rotatable bonds is 6. The van der Waals surface area contributed by atoms with E-state index in [-0.39, 0.29) is 5.91 Å². The van der Waals surface area contributed by atoms with E-state index in [0.717, 1.165) is 49.0 Å². The van der Waals surface area contributed by atoms with Crippen molar-refractivity contribution in [1.29, 1.82) is 0 Å². The smallest absolute Gasteiger partial charge is 0.221 e. The Balaban J connectivity index is 1.69. The minimum absolute atomic E-state index is 0.128. The highest BCUT2D eigenvalue weighted by molar-refractivity contribution is 6.31. The van der Waals surface area contributed by atoms with Gasteiger partial charge in [-0.1, -0.05) is 11.6 Å². The first-order chi connectivity index (χ1) is 10.9. The van der Waals surface area contributed by atoms with E-state index < -0.39 is 0 Å². The number of carbonyl (C=O) groups excluding carboxylic acids is 1. The van der Waals surface area contributed by atoms with Crippen LogP contribution in [0.5, 0.6) is 0 Å². The molecule has 1 fully saturated rings. The molecule has 2 rings (SSSR count). The van der Waals surface area contributed by atoms with Gasteiger partial charge in [0.05, 0.1) is 16.4 Å². The molecule has 2 heterocycles. The second-order valence-corrected chi connectivity index (χ2v) is 6.89. The molecule has 0 unspecified atom stereocenters. The van der Waals surface area contributed by atoms with Gasteiger partial charge in [0.15, 0.2) is 0 Å². The zero-order valence-corrected chi connectivity index (χ0v) is 15.4. The third-order valence-corrected chi connectivity index (χ3v) is 5.11. The number of aromatic nitrogens is 2. The van der Waals surface area contributed by atoms with E-state index in [9.17, 15) is 4.79 Å². The Hall–Kier alpha value is -1.11. The maximum atomic E-state index is 12.1. The van der Waals surface area contributed by atoms with E-state index in [1.165, 1.54) is 0 Å². The third kappa shape index (κ3) is 4.93. The molecule has 6 nitrogen and oxygen atoms in total. The molecule has 23 heavy (non-hydrogen) atoms. The third-order valence-electron chi connectivity index (χ3n) is 4.56. The SMILES string of the molecule is Cc1nn(CCCNC(=O)C[C@H]2CN(C)CCN2C)c(C)c1Cl. The van der Waals surface area contributed by atoms with Crippen LogP contribution in [-0.4, -0.2) is 71.8 Å². The lowest BCUT2D eigenvalue weighted by atomic mass is 10.1. The highest BCUT2D eigenvalue weighted by Gasteiger charge is 2.24. The van der Waals surface area contributed by atoms with Gasteiger partial charge in [0.25, 0.3) is 0 Å². The summed E-state index contributed by atoms with van der Waals surface area (Å²) in [6.45, 7) is 8.36. The number of carbonyl (C=O) groups is 1. The summed E-state index contributed by atoms with van der Waals surface area (Å²) >= 11 is 6.13. The van der Waals surface area contributed by atoms with Crippen LogP contribution in [0.15, 0.2) is 0 Å². The van der Waals surface area contributed by atoms with Crippen molar-refractivity contribution in [3.8, 4) is 0 Å². The summed E-state index contributed by atoms with van der Waals surface area (Å²) in [6, 6.07) is 0.309. The molecule has 0 saturated carbocycles. The van der Waals surface area contributed by atoms with Crippen molar-refractivity contribution < 1.29 is 4.79 Å². The summed E-state index contributed by atoms with van der Waals surface area (Å²) in [4.78, 5) is 16.7. The van der Waals surface area contributed by atoms with Crippen LogP contribution in [0.1, 0.15) is 24.2 Å². The topological polar surface area (TPSA) is 53.4 Å². The van der Waals surface area contributed by atoms with Crippen molar-refractivity contribution in [1.82, 2.24) is 24.9 Å². The molecule has 1 amide bonds. The first kappa shape index (κ1) is 18.2. The molecule has 1 atom stereocenters. The van der Waals surface area contributed by atoms with Crippen molar-refractivity contribution in [2.45, 2.75) is 39.3 Å². The molecule has 1 aliphatic rings. The van der Waals surface area contributed by atoms with Crippen LogP contribution in [0.4, 0.5) is 0 Å². The van der Waals surface area contributed by atoms with E-state index in [2.05, 4.69) is 34.3 Å². The first-order valence-corrected chi connectivity index (χ1v) is 8.61. The molecule has 7 heteroatoms. The molecule has 0 aliphatic carbocycles. The minimum Gasteiger partial charge on any atom is -0.356 e. The predicted octanol–water partition coefficient (Wildman–Crippen LogP) is 1.30. The largest absolute Gasteiger partial charge is 0.356 e. The highest BCUT2D eigenvalue weighted by Crippen LogP contribution is 2.18. The Labute approximate surface area is 143 Å². The molecule has 1 aromatic heterocycles. The van der Waals surface area contributed by atoms with E-state index in [0.29, 0.717) is 19.0 Å². The molecule has 1 saturated heterocycles. The van der Waals surface area contributed by atoms with Crippen LogP contribution in [0.3, 0.4) is 0 Å². The molecule has 0 bridgehead atoms. The van der Waals surface area contributed by atoms with Crippen LogP contribution in [0, 0.1) is 13.8 Å². The van der Waals surface area contributed by atoms with Crippen LogP contribution in [-0.2, 0) is 11.3 Å². The quantitative estimate of drug-likeness (QED) is 0.792. The molecular weight excluding hydrogens is 314 g/mol. The van der Waals surface area contributed by atoms with Gasteiger partial charge >= 0.3 is 0 Å². The second-order valence-electron chi connectivity index (χ2n) is 6.51. The lowest BCUT2D eigenvalue weighted by molar-refractivity contribution is -0.122. The average molecular weight is 342 g/mol. The fraction of sp³-hybridized carbons (Fsp3) is 0.750. The van der Waals surface area contributed by atoms with Gasteiger partial charge in [-0.25, -0.2) is 0 Å². The number of aryl methyl sites for hydroxylation is 2. The zero-order valence-electron chi connectivity index (χ0n) is 14.6. The van der Waals surface area contributed by atoms with Gasteiger partial charge in [0, 0.05) is 45.2 Å². The Kier molecular flexibility index (Phi) is 6.44. The summed E-state index contributed by atoms with van der Waals surface area (Å²) in [5.74, 6) is 0.128. The molecule has 0 spiro atoms. The number of hydrogen-bond donors (Lipinski definition) is 1. The standard InChI is InChI=1S/C16H28ClN5O/c1-12-16(17)13(2)22(19-12)7-5-6-18-15(23)10-14-11-20(3)8-9-21(14)4/h14H,5-11H2,1-4H3,(H,18,23)/t14-/m0/s1. The Morgan fingerprint density at radius 2 is 2.09 bits per heavy atom. The van der Waals surface area contributed by atoms with E-state index in [4.69, 9.17) is 11.6 Å². The van der Waals surface area contributed by atoms with Crippen LogP contribution in [0.2, 0.25) is 5.02 Å². The number of amides is 1. The van der Waals surface area contributed by atoms with Crippen molar-refractivity contribution in [2.24, 2.45) is 0 Å². The van der Waals surface area contributed by atoms with E-state index in [1.54, 1.807) is 0 Å². The molecule has 130 valence electrons. The Bertz CT molecular complexity index is 545. The predicted molar refractivity (Wildman–Crippen MR) is 92.9 cm³/mol. The van der Waals surface area contributed by atoms with Crippen molar-refractivity contribution in [3.05, 3.63) is 16.4 Å². The second kappa shape index (κ2) is 8.13. The molecule has 1 N–H and O–H groups in total. The summed E-state index contributed by atoms with van der Waals surface area (Å²) in [6.07, 6.45) is 1.41. The fourth-order valence-corrected chi connectivity index (χ4v) is 3.09. The monoisotopic (exact) mass is 341 g/mol. The molecule has 0 radical (unpaired) electrons. The number of nitrogens with one attached hydrogen (secondary N) is 1. The normalized spacial score (nSPS) is 20.0. The Morgan fingerprint density at radius 1 is 1.35 bits per heavy atom. The maximum Gasteiger partial charge on any atom is 0.221 e. The molecule has 1 aromatic rings. The molecular formula is C16H28ClN5O. The van der Waals surface area contributed by atoms with Gasteiger partial charge in [-0.15, -0.1) is 0 Å². The molecule has 0 aromatic carbocycles. The number of nitrogens with zero attached hydrogens (tertiary/aromatic N) is 4. The summed E-state index contributed by atoms with van der Waals surface area (Å²) < 4.78 is 1.91. The highest BCUT2D eigenvalue weighted by atomic mass is 35.5. The number of halogens is 1. The number of hydrogen-bond acceptors (Lipinski definition) is 4. The molecule has 1 aliphatic heterocycles. The number of piperazine rings is 1. The van der Waals surface area contributed by atoms with Crippen LogP contribution in [0.25, 0.3) is 0 Å². The average Bonchev–Trinajstić information content (AvgIpc) is 2.75. The van der Waals surface area contributed by atoms with Crippen molar-refractivity contribution in [3.63, 3.8) is 0 Å². The van der Waals surface area contributed by atoms with Gasteiger partial charge < -0.3 is 15.1 Å². The summed E-state index contributed by atoms with van der Waals surface area (Å²) in [5, 5.41) is 8.15. The Morgan fingerprint density at radius 3 is 2.74 bits per heavy atom. The summed E-state index contributed by atoms with van der Waals surface area (Å²) in [5.41, 5.74) is 1.85. The van der Waals surface area contributed by atoms with Gasteiger partial charge in [-0.05, 0) is 34.4 Å². The minimum atomic E-state index is 0.128. The first-order valence-electron chi connectivity index (χ1n) is 8.23. The van der Waals surface area contributed by atoms with Gasteiger partial charge in [-0.3, -0.25) is 9.48 Å². The van der Waals surface area contributed by atoms with Gasteiger partial charge in [0.1, 0.15) is 0 Å². The maximum absolute atomic E-state index is 12.1. The fourth-order valence-electron chi connectivity index (χ4n) is 2.96. The van der Waals surface area contributed by atoms with Gasteiger partial charge in [0.2, 0.25) is 5.91 Å². The van der Waals surface area contributed by atoms with Crippen molar-refractivity contribution >= 4 is 17.5 Å². The van der Waals surface area contributed by atoms with E-state index in [1.807, 2.05) is 18.5 Å².